The number of guanidine groups is 1. The molecule has 0 bridgehead atoms. The first-order chi connectivity index (χ1) is 10.8. The summed E-state index contributed by atoms with van der Waals surface area (Å²) in [6, 6.07) is 0.0868. The van der Waals surface area contributed by atoms with Crippen LogP contribution in [0.4, 0.5) is 0 Å². The summed E-state index contributed by atoms with van der Waals surface area (Å²) in [5.74, 6) is 1.76. The van der Waals surface area contributed by atoms with E-state index in [1.807, 2.05) is 6.92 Å². The van der Waals surface area contributed by atoms with E-state index in [0.717, 1.165) is 31.4 Å². The fraction of sp³-hybridized carbons (Fsp3) is 0.938. The smallest absolute Gasteiger partial charge is 0.191 e. The number of sulfone groups is 1. The highest BCUT2D eigenvalue weighted by atomic mass is 32.2. The van der Waals surface area contributed by atoms with Gasteiger partial charge in [0.05, 0.1) is 5.75 Å². The third-order valence-electron chi connectivity index (χ3n) is 4.53. The van der Waals surface area contributed by atoms with Gasteiger partial charge >= 0.3 is 0 Å². The lowest BCUT2D eigenvalue weighted by molar-refractivity contribution is 0.187. The van der Waals surface area contributed by atoms with Gasteiger partial charge in [-0.2, -0.15) is 0 Å². The van der Waals surface area contributed by atoms with E-state index in [2.05, 4.69) is 27.4 Å². The fourth-order valence-electron chi connectivity index (χ4n) is 2.88. The monoisotopic (exact) mass is 346 g/mol. The van der Waals surface area contributed by atoms with Crippen LogP contribution in [0.25, 0.3) is 0 Å². The molecule has 0 saturated carbocycles. The van der Waals surface area contributed by atoms with Crippen LogP contribution in [-0.2, 0) is 9.84 Å². The molecule has 0 spiro atoms. The molecule has 6 nitrogen and oxygen atoms in total. The summed E-state index contributed by atoms with van der Waals surface area (Å²) in [6.45, 7) is 8.72. The van der Waals surface area contributed by atoms with E-state index in [1.54, 1.807) is 7.05 Å². The molecule has 1 aliphatic heterocycles. The lowest BCUT2D eigenvalue weighted by Crippen LogP contribution is -2.43. The number of nitrogens with zero attached hydrogens (tertiary/aromatic N) is 2. The Labute approximate surface area is 142 Å². The predicted octanol–water partition coefficient (Wildman–Crippen LogP) is 1.10. The van der Waals surface area contributed by atoms with Gasteiger partial charge in [0.15, 0.2) is 5.96 Å². The average Bonchev–Trinajstić information content (AvgIpc) is 2.52. The van der Waals surface area contributed by atoms with Crippen LogP contribution in [0.1, 0.15) is 39.5 Å². The van der Waals surface area contributed by atoms with Crippen molar-refractivity contribution in [3.8, 4) is 0 Å². The Morgan fingerprint density at radius 3 is 2.52 bits per heavy atom. The van der Waals surface area contributed by atoms with Crippen LogP contribution in [0.3, 0.4) is 0 Å². The Kier molecular flexibility index (Phi) is 8.91. The summed E-state index contributed by atoms with van der Waals surface area (Å²) in [5, 5.41) is 6.61. The minimum absolute atomic E-state index is 0.0868. The molecule has 0 aromatic carbocycles. The quantitative estimate of drug-likeness (QED) is 0.508. The lowest BCUT2D eigenvalue weighted by atomic mass is 9.93. The summed E-state index contributed by atoms with van der Waals surface area (Å²) in [6.07, 6.45) is 5.60. The highest BCUT2D eigenvalue weighted by Crippen LogP contribution is 2.19. The van der Waals surface area contributed by atoms with Crippen LogP contribution < -0.4 is 10.6 Å². The average molecular weight is 347 g/mol. The number of likely N-dealkylation sites (tertiary alicyclic amines) is 1. The number of hydrogen-bond donors (Lipinski definition) is 2. The van der Waals surface area contributed by atoms with Crippen molar-refractivity contribution in [2.45, 2.75) is 45.6 Å². The number of rotatable bonds is 8. The van der Waals surface area contributed by atoms with Crippen molar-refractivity contribution < 1.29 is 8.42 Å². The molecule has 1 aliphatic rings. The summed E-state index contributed by atoms with van der Waals surface area (Å²) < 4.78 is 22.4. The van der Waals surface area contributed by atoms with E-state index in [4.69, 9.17) is 0 Å². The van der Waals surface area contributed by atoms with E-state index in [-0.39, 0.29) is 11.8 Å². The molecule has 136 valence electrons. The van der Waals surface area contributed by atoms with Crippen molar-refractivity contribution >= 4 is 15.8 Å². The standard InChI is InChI=1S/C16H34N4O2S/c1-5-20-11-7-15(8-12-20)6-10-18-16(17-3)19-14(2)9-13-23(4,21)22/h14-15H,5-13H2,1-4H3,(H2,17,18,19). The van der Waals surface area contributed by atoms with Crippen molar-refractivity contribution in [3.05, 3.63) is 0 Å². The molecule has 1 fully saturated rings. The van der Waals surface area contributed by atoms with Crippen molar-refractivity contribution in [2.75, 3.05) is 45.2 Å². The van der Waals surface area contributed by atoms with Gasteiger partial charge in [-0.3, -0.25) is 4.99 Å². The van der Waals surface area contributed by atoms with Gasteiger partial charge < -0.3 is 15.5 Å². The Morgan fingerprint density at radius 2 is 2.00 bits per heavy atom. The summed E-state index contributed by atoms with van der Waals surface area (Å²) in [4.78, 5) is 6.72. The maximum atomic E-state index is 11.2. The van der Waals surface area contributed by atoms with Gasteiger partial charge in [-0.15, -0.1) is 0 Å². The molecular formula is C16H34N4O2S. The van der Waals surface area contributed by atoms with Crippen molar-refractivity contribution in [1.82, 2.24) is 15.5 Å². The van der Waals surface area contributed by atoms with E-state index in [0.29, 0.717) is 6.42 Å². The molecule has 23 heavy (non-hydrogen) atoms. The second-order valence-corrected chi connectivity index (χ2v) is 8.89. The maximum absolute atomic E-state index is 11.2. The Hall–Kier alpha value is -0.820. The molecule has 0 aromatic rings. The highest BCUT2D eigenvalue weighted by Gasteiger charge is 2.17. The van der Waals surface area contributed by atoms with E-state index in [9.17, 15) is 8.42 Å². The minimum Gasteiger partial charge on any atom is -0.356 e. The first kappa shape index (κ1) is 20.2. The molecule has 0 aliphatic carbocycles. The molecule has 0 radical (unpaired) electrons. The van der Waals surface area contributed by atoms with Gasteiger partial charge in [0.1, 0.15) is 9.84 Å². The number of hydrogen-bond acceptors (Lipinski definition) is 4. The van der Waals surface area contributed by atoms with E-state index < -0.39 is 9.84 Å². The second kappa shape index (κ2) is 10.1. The molecular weight excluding hydrogens is 312 g/mol. The normalized spacial score (nSPS) is 19.6. The first-order valence-electron chi connectivity index (χ1n) is 8.71. The van der Waals surface area contributed by atoms with Crippen LogP contribution in [-0.4, -0.2) is 70.6 Å². The van der Waals surface area contributed by atoms with E-state index >= 15 is 0 Å². The molecule has 7 heteroatoms. The molecule has 1 unspecified atom stereocenters. The molecule has 0 aromatic heterocycles. The van der Waals surface area contributed by atoms with Gasteiger partial charge in [-0.25, -0.2) is 8.42 Å². The zero-order valence-corrected chi connectivity index (χ0v) is 16.0. The van der Waals surface area contributed by atoms with Crippen LogP contribution in [0.15, 0.2) is 4.99 Å². The highest BCUT2D eigenvalue weighted by molar-refractivity contribution is 7.90. The molecule has 0 amide bonds. The van der Waals surface area contributed by atoms with Crippen LogP contribution in [0.2, 0.25) is 0 Å². The third-order valence-corrected chi connectivity index (χ3v) is 5.51. The predicted molar refractivity (Wildman–Crippen MR) is 97.7 cm³/mol. The third kappa shape index (κ3) is 9.15. The van der Waals surface area contributed by atoms with Crippen molar-refractivity contribution in [1.29, 1.82) is 0 Å². The molecule has 2 N–H and O–H groups in total. The molecule has 1 atom stereocenters. The number of piperidine rings is 1. The largest absolute Gasteiger partial charge is 0.356 e. The molecule has 1 rings (SSSR count). The van der Waals surface area contributed by atoms with Gasteiger partial charge in [0, 0.05) is 25.9 Å². The summed E-state index contributed by atoms with van der Waals surface area (Å²) in [5.41, 5.74) is 0. The topological polar surface area (TPSA) is 73.8 Å². The minimum atomic E-state index is -2.90. The fourth-order valence-corrected chi connectivity index (χ4v) is 3.66. The Bertz CT molecular complexity index is 457. The molecule has 1 saturated heterocycles. The van der Waals surface area contributed by atoms with E-state index in [1.165, 1.54) is 32.2 Å². The van der Waals surface area contributed by atoms with Crippen LogP contribution >= 0.6 is 0 Å². The van der Waals surface area contributed by atoms with Gasteiger partial charge in [-0.1, -0.05) is 6.92 Å². The lowest BCUT2D eigenvalue weighted by Gasteiger charge is -2.31. The van der Waals surface area contributed by atoms with Crippen LogP contribution in [0.5, 0.6) is 0 Å². The summed E-state index contributed by atoms with van der Waals surface area (Å²) in [7, 11) is -1.16. The first-order valence-corrected chi connectivity index (χ1v) is 10.8. The summed E-state index contributed by atoms with van der Waals surface area (Å²) >= 11 is 0. The zero-order valence-electron chi connectivity index (χ0n) is 15.1. The van der Waals surface area contributed by atoms with Crippen molar-refractivity contribution in [3.63, 3.8) is 0 Å². The van der Waals surface area contributed by atoms with Crippen molar-refractivity contribution in [2.24, 2.45) is 10.9 Å². The number of nitrogens with one attached hydrogen (secondary N) is 2. The second-order valence-electron chi connectivity index (χ2n) is 6.63. The Morgan fingerprint density at radius 1 is 1.35 bits per heavy atom. The SMILES string of the molecule is CCN1CCC(CCNC(=NC)NC(C)CCS(C)(=O)=O)CC1. The van der Waals surface area contributed by atoms with Gasteiger partial charge in [0.2, 0.25) is 0 Å². The molecule has 1 heterocycles. The van der Waals surface area contributed by atoms with Crippen LogP contribution in [0, 0.1) is 5.92 Å². The zero-order chi connectivity index (χ0) is 17.3. The van der Waals surface area contributed by atoms with Gasteiger partial charge in [0.25, 0.3) is 0 Å². The Balaban J connectivity index is 2.21. The maximum Gasteiger partial charge on any atom is 0.191 e. The van der Waals surface area contributed by atoms with Gasteiger partial charge in [-0.05, 0) is 58.2 Å². The number of aliphatic imine (C=N–C) groups is 1.